The largest absolute Gasteiger partial charge is 0.379 e. The topological polar surface area (TPSA) is 62.9 Å². The molecule has 0 bridgehead atoms. The summed E-state index contributed by atoms with van der Waals surface area (Å²) >= 11 is 0. The highest BCUT2D eigenvalue weighted by Crippen LogP contribution is 2.37. The van der Waals surface area contributed by atoms with Gasteiger partial charge in [0, 0.05) is 38.1 Å². The van der Waals surface area contributed by atoms with Gasteiger partial charge in [0.05, 0.1) is 13.2 Å². The van der Waals surface area contributed by atoms with Crippen LogP contribution in [-0.2, 0) is 4.74 Å². The maximum absolute atomic E-state index is 6.00. The van der Waals surface area contributed by atoms with Crippen LogP contribution in [0, 0.1) is 5.41 Å². The van der Waals surface area contributed by atoms with E-state index in [1.165, 1.54) is 32.1 Å². The van der Waals surface area contributed by atoms with E-state index in [2.05, 4.69) is 21.8 Å². The number of aliphatic imine (C=N–C) groups is 1. The Balaban J connectivity index is 0.00000264. The zero-order valence-corrected chi connectivity index (χ0v) is 16.8. The normalized spacial score (nSPS) is 22.2. The number of rotatable bonds is 6. The molecule has 1 heterocycles. The predicted octanol–water partition coefficient (Wildman–Crippen LogP) is 2.37. The van der Waals surface area contributed by atoms with Gasteiger partial charge in [-0.2, -0.15) is 0 Å². The number of nitrogens with one attached hydrogen (secondary N) is 1. The Morgan fingerprint density at radius 2 is 1.91 bits per heavy atom. The van der Waals surface area contributed by atoms with Crippen molar-refractivity contribution in [2.24, 2.45) is 16.1 Å². The van der Waals surface area contributed by atoms with Crippen molar-refractivity contribution >= 4 is 29.9 Å². The maximum atomic E-state index is 6.00. The monoisotopic (exact) mass is 436 g/mol. The van der Waals surface area contributed by atoms with Crippen LogP contribution in [0.4, 0.5) is 0 Å². The quantitative estimate of drug-likeness (QED) is 0.291. The van der Waals surface area contributed by atoms with Crippen molar-refractivity contribution in [3.05, 3.63) is 12.2 Å². The van der Waals surface area contributed by atoms with Crippen molar-refractivity contribution < 1.29 is 4.74 Å². The summed E-state index contributed by atoms with van der Waals surface area (Å²) in [6, 6.07) is 0. The molecule has 0 radical (unpaired) electrons. The molecule has 0 amide bonds. The third-order valence-corrected chi connectivity index (χ3v) is 4.73. The minimum Gasteiger partial charge on any atom is -0.379 e. The van der Waals surface area contributed by atoms with Crippen LogP contribution in [0.5, 0.6) is 0 Å². The van der Waals surface area contributed by atoms with Gasteiger partial charge in [-0.15, -0.1) is 24.0 Å². The molecule has 0 unspecified atom stereocenters. The van der Waals surface area contributed by atoms with Crippen LogP contribution < -0.4 is 11.1 Å². The van der Waals surface area contributed by atoms with Crippen LogP contribution in [0.3, 0.4) is 0 Å². The second-order valence-corrected chi connectivity index (χ2v) is 6.96. The molecule has 1 aliphatic heterocycles. The zero-order valence-electron chi connectivity index (χ0n) is 14.5. The van der Waals surface area contributed by atoms with Crippen LogP contribution in [0.15, 0.2) is 17.1 Å². The molecule has 1 aliphatic carbocycles. The van der Waals surface area contributed by atoms with Crippen LogP contribution in [0.2, 0.25) is 0 Å². The molecule has 1 saturated carbocycles. The van der Waals surface area contributed by atoms with Crippen molar-refractivity contribution in [2.45, 2.75) is 39.0 Å². The molecule has 3 N–H and O–H groups in total. The van der Waals surface area contributed by atoms with E-state index in [0.29, 0.717) is 17.9 Å². The van der Waals surface area contributed by atoms with Gasteiger partial charge in [0.2, 0.25) is 0 Å². The SMILES string of the molecule is C=C(C)CNC(N)=NCC1(CN2CCOCC2)CCCCC1.I. The third kappa shape index (κ3) is 7.39. The molecule has 2 aliphatic rings. The summed E-state index contributed by atoms with van der Waals surface area (Å²) in [7, 11) is 0. The minimum atomic E-state index is 0. The Morgan fingerprint density at radius 3 is 2.52 bits per heavy atom. The molecule has 0 aromatic heterocycles. The number of hydrogen-bond acceptors (Lipinski definition) is 3. The van der Waals surface area contributed by atoms with Gasteiger partial charge in [-0.25, -0.2) is 0 Å². The number of halogens is 1. The van der Waals surface area contributed by atoms with E-state index in [9.17, 15) is 0 Å². The van der Waals surface area contributed by atoms with Gasteiger partial charge in [0.15, 0.2) is 5.96 Å². The van der Waals surface area contributed by atoms with E-state index in [1.54, 1.807) is 0 Å². The van der Waals surface area contributed by atoms with E-state index in [0.717, 1.165) is 45.0 Å². The van der Waals surface area contributed by atoms with Crippen LogP contribution in [-0.4, -0.2) is 56.8 Å². The fourth-order valence-corrected chi connectivity index (χ4v) is 3.45. The summed E-state index contributed by atoms with van der Waals surface area (Å²) in [6.45, 7) is 12.4. The highest BCUT2D eigenvalue weighted by Gasteiger charge is 2.34. The van der Waals surface area contributed by atoms with Crippen molar-refractivity contribution in [3.63, 3.8) is 0 Å². The summed E-state index contributed by atoms with van der Waals surface area (Å²) in [5, 5.41) is 3.14. The van der Waals surface area contributed by atoms with Gasteiger partial charge in [-0.1, -0.05) is 31.4 Å². The van der Waals surface area contributed by atoms with E-state index in [1.807, 2.05) is 6.92 Å². The summed E-state index contributed by atoms with van der Waals surface area (Å²) in [5.41, 5.74) is 7.36. The lowest BCUT2D eigenvalue weighted by atomic mass is 9.73. The van der Waals surface area contributed by atoms with Crippen LogP contribution >= 0.6 is 24.0 Å². The van der Waals surface area contributed by atoms with Gasteiger partial charge >= 0.3 is 0 Å². The molecule has 0 atom stereocenters. The van der Waals surface area contributed by atoms with Crippen molar-refractivity contribution in [1.82, 2.24) is 10.2 Å². The first-order chi connectivity index (χ1) is 10.6. The van der Waals surface area contributed by atoms with Crippen LogP contribution in [0.1, 0.15) is 39.0 Å². The molecule has 23 heavy (non-hydrogen) atoms. The fraction of sp³-hybridized carbons (Fsp3) is 0.824. The highest BCUT2D eigenvalue weighted by molar-refractivity contribution is 14.0. The van der Waals surface area contributed by atoms with E-state index < -0.39 is 0 Å². The first-order valence-electron chi connectivity index (χ1n) is 8.58. The Morgan fingerprint density at radius 1 is 1.26 bits per heavy atom. The van der Waals surface area contributed by atoms with E-state index in [-0.39, 0.29) is 24.0 Å². The average molecular weight is 436 g/mol. The van der Waals surface area contributed by atoms with E-state index in [4.69, 9.17) is 10.5 Å². The first kappa shape index (κ1) is 20.7. The average Bonchev–Trinajstić information content (AvgIpc) is 2.53. The summed E-state index contributed by atoms with van der Waals surface area (Å²) in [4.78, 5) is 7.19. The maximum Gasteiger partial charge on any atom is 0.188 e. The number of nitrogens with two attached hydrogens (primary N) is 1. The van der Waals surface area contributed by atoms with Gasteiger partial charge in [-0.3, -0.25) is 9.89 Å². The second-order valence-electron chi connectivity index (χ2n) is 6.96. The summed E-state index contributed by atoms with van der Waals surface area (Å²) < 4.78 is 5.47. The number of ether oxygens (including phenoxy) is 1. The van der Waals surface area contributed by atoms with Gasteiger partial charge < -0.3 is 15.8 Å². The molecule has 6 heteroatoms. The summed E-state index contributed by atoms with van der Waals surface area (Å²) in [6.07, 6.45) is 6.53. The lowest BCUT2D eigenvalue weighted by Gasteiger charge is -2.41. The molecule has 0 aromatic carbocycles. The van der Waals surface area contributed by atoms with Crippen molar-refractivity contribution in [2.75, 3.05) is 45.9 Å². The van der Waals surface area contributed by atoms with Gasteiger partial charge in [0.25, 0.3) is 0 Å². The van der Waals surface area contributed by atoms with Gasteiger partial charge in [-0.05, 0) is 19.8 Å². The Bertz CT molecular complexity index is 388. The smallest absolute Gasteiger partial charge is 0.188 e. The molecule has 5 nitrogen and oxygen atoms in total. The third-order valence-electron chi connectivity index (χ3n) is 4.73. The molecule has 2 rings (SSSR count). The predicted molar refractivity (Wildman–Crippen MR) is 107 cm³/mol. The summed E-state index contributed by atoms with van der Waals surface area (Å²) in [5.74, 6) is 0.551. The molecule has 2 fully saturated rings. The molecule has 0 aromatic rings. The van der Waals surface area contributed by atoms with E-state index >= 15 is 0 Å². The standard InChI is InChI=1S/C17H32N4O.HI/c1-15(2)12-19-16(18)20-13-17(6-4-3-5-7-17)14-21-8-10-22-11-9-21;/h1,3-14H2,2H3,(H3,18,19,20);1H. The van der Waals surface area contributed by atoms with Crippen molar-refractivity contribution in [3.8, 4) is 0 Å². The number of hydrogen-bond donors (Lipinski definition) is 2. The number of morpholine rings is 1. The molecule has 1 saturated heterocycles. The lowest BCUT2D eigenvalue weighted by molar-refractivity contribution is 0.00939. The first-order valence-corrected chi connectivity index (χ1v) is 8.58. The second kappa shape index (κ2) is 10.5. The van der Waals surface area contributed by atoms with Crippen LogP contribution in [0.25, 0.3) is 0 Å². The highest BCUT2D eigenvalue weighted by atomic mass is 127. The molecular formula is C17H33IN4O. The lowest BCUT2D eigenvalue weighted by Crippen LogP contribution is -2.46. The molecule has 0 spiro atoms. The molecule has 134 valence electrons. The minimum absolute atomic E-state index is 0. The fourth-order valence-electron chi connectivity index (χ4n) is 3.45. The number of guanidine groups is 1. The van der Waals surface area contributed by atoms with Gasteiger partial charge in [0.1, 0.15) is 0 Å². The number of nitrogens with zero attached hydrogens (tertiary/aromatic N) is 2. The Kier molecular flexibility index (Phi) is 9.46. The zero-order chi connectivity index (χ0) is 15.8. The van der Waals surface area contributed by atoms with Crippen molar-refractivity contribution in [1.29, 1.82) is 0 Å². The molecular weight excluding hydrogens is 403 g/mol. The Hall–Kier alpha value is -0.340. The Labute approximate surface area is 158 Å².